The lowest BCUT2D eigenvalue weighted by Gasteiger charge is -2.25. The molecule has 11 N–H and O–H groups in total. The number of nitrogens with two attached hydrogens (primary N) is 3. The molecule has 0 aliphatic rings. The van der Waals surface area contributed by atoms with Gasteiger partial charge < -0.3 is 43.6 Å². The number of carboxylic acid groups (broad SMARTS) is 1. The number of carboxylic acids is 1. The van der Waals surface area contributed by atoms with Gasteiger partial charge in [0.2, 0.25) is 29.5 Å². The summed E-state index contributed by atoms with van der Waals surface area (Å²) in [6.07, 6.45) is 0.838. The Morgan fingerprint density at radius 2 is 1.20 bits per heavy atom. The van der Waals surface area contributed by atoms with Gasteiger partial charge in [-0.2, -0.15) is 0 Å². The van der Waals surface area contributed by atoms with E-state index in [0.29, 0.717) is 24.9 Å². The molecule has 0 spiro atoms. The smallest absolute Gasteiger partial charge is 0.326 e. The molecular weight excluding hydrogens is 582 g/mol. The Morgan fingerprint density at radius 1 is 0.689 bits per heavy atom. The molecule has 5 atom stereocenters. The van der Waals surface area contributed by atoms with Gasteiger partial charge in [0.1, 0.15) is 24.2 Å². The number of hydrogen-bond acceptors (Lipinski definition) is 8. The Bertz CT molecular complexity index is 1290. The highest BCUT2D eigenvalue weighted by atomic mass is 16.4. The molecule has 2 aromatic carbocycles. The maximum atomic E-state index is 13.5. The van der Waals surface area contributed by atoms with Crippen molar-refractivity contribution in [3.63, 3.8) is 0 Å². The van der Waals surface area contributed by atoms with Gasteiger partial charge in [-0.05, 0) is 50.3 Å². The number of nitrogens with one attached hydrogen (secondary N) is 4. The summed E-state index contributed by atoms with van der Waals surface area (Å²) in [7, 11) is 0. The number of amides is 5. The average Bonchev–Trinajstić information content (AvgIpc) is 3.00. The van der Waals surface area contributed by atoms with Gasteiger partial charge in [-0.1, -0.05) is 60.7 Å². The van der Waals surface area contributed by atoms with E-state index < -0.39 is 72.1 Å². The van der Waals surface area contributed by atoms with Crippen LogP contribution in [0.3, 0.4) is 0 Å². The molecule has 0 radical (unpaired) electrons. The molecule has 0 saturated heterocycles. The molecule has 0 fully saturated rings. The zero-order chi connectivity index (χ0) is 33.4. The van der Waals surface area contributed by atoms with Crippen molar-refractivity contribution in [2.75, 3.05) is 6.54 Å². The van der Waals surface area contributed by atoms with E-state index in [2.05, 4.69) is 21.3 Å². The van der Waals surface area contributed by atoms with E-state index in [9.17, 15) is 33.9 Å². The maximum Gasteiger partial charge on any atom is 0.326 e. The summed E-state index contributed by atoms with van der Waals surface area (Å²) in [4.78, 5) is 75.7. The Kier molecular flexibility index (Phi) is 15.2. The predicted molar refractivity (Wildman–Crippen MR) is 166 cm³/mol. The minimum Gasteiger partial charge on any atom is -0.480 e. The van der Waals surface area contributed by atoms with E-state index in [1.165, 1.54) is 6.92 Å². The van der Waals surface area contributed by atoms with Gasteiger partial charge in [-0.25, -0.2) is 4.79 Å². The molecule has 0 saturated carbocycles. The minimum atomic E-state index is -1.50. The van der Waals surface area contributed by atoms with E-state index in [4.69, 9.17) is 17.2 Å². The van der Waals surface area contributed by atoms with Gasteiger partial charge in [-0.15, -0.1) is 0 Å². The fourth-order valence-electron chi connectivity index (χ4n) is 4.41. The lowest BCUT2D eigenvalue weighted by Crippen LogP contribution is -2.59. The zero-order valence-corrected chi connectivity index (χ0v) is 25.2. The molecule has 5 amide bonds. The van der Waals surface area contributed by atoms with Crippen LogP contribution in [0.5, 0.6) is 0 Å². The standard InChI is InChI=1S/C31H43N7O7/c1-19(27(40)36-23(31(44)45)14-8-9-15-32)35-29(42)25(18-26(34)39)38-30(43)24(17-21-12-6-3-7-13-21)37-28(41)22(33)16-20-10-4-2-5-11-20/h2-7,10-13,19,22-25H,8-9,14-18,32-33H2,1H3,(H2,34,39)(H,35,42)(H,36,40)(H,37,41)(H,38,43)(H,44,45). The summed E-state index contributed by atoms with van der Waals surface area (Å²) in [5.41, 5.74) is 18.4. The van der Waals surface area contributed by atoms with Gasteiger partial charge in [0, 0.05) is 6.42 Å². The summed E-state index contributed by atoms with van der Waals surface area (Å²) >= 11 is 0. The third-order valence-corrected chi connectivity index (χ3v) is 6.90. The Balaban J connectivity index is 2.15. The summed E-state index contributed by atoms with van der Waals surface area (Å²) < 4.78 is 0. The van der Waals surface area contributed by atoms with E-state index in [-0.39, 0.29) is 19.3 Å². The lowest BCUT2D eigenvalue weighted by atomic mass is 10.0. The van der Waals surface area contributed by atoms with Crippen molar-refractivity contribution in [2.24, 2.45) is 17.2 Å². The summed E-state index contributed by atoms with van der Waals surface area (Å²) in [5, 5.41) is 19.3. The molecule has 0 aliphatic heterocycles. The molecule has 45 heavy (non-hydrogen) atoms. The Labute approximate surface area is 261 Å². The zero-order valence-electron chi connectivity index (χ0n) is 25.2. The first-order chi connectivity index (χ1) is 21.4. The Morgan fingerprint density at radius 3 is 1.73 bits per heavy atom. The van der Waals surface area contributed by atoms with Crippen LogP contribution in [0, 0.1) is 0 Å². The van der Waals surface area contributed by atoms with Crippen LogP contribution in [0.2, 0.25) is 0 Å². The van der Waals surface area contributed by atoms with E-state index in [1.807, 2.05) is 30.3 Å². The molecule has 244 valence electrons. The van der Waals surface area contributed by atoms with Crippen LogP contribution in [0.1, 0.15) is 43.7 Å². The number of hydrogen-bond donors (Lipinski definition) is 8. The quantitative estimate of drug-likeness (QED) is 0.0876. The first-order valence-electron chi connectivity index (χ1n) is 14.7. The largest absolute Gasteiger partial charge is 0.480 e. The SMILES string of the molecule is CC(NC(=O)C(CC(N)=O)NC(=O)C(Cc1ccccc1)NC(=O)C(N)Cc1ccccc1)C(=O)NC(CCCCN)C(=O)O. The van der Waals surface area contributed by atoms with Crippen molar-refractivity contribution in [2.45, 2.75) is 75.7 Å². The van der Waals surface area contributed by atoms with E-state index >= 15 is 0 Å². The third kappa shape index (κ3) is 13.1. The number of unbranched alkanes of at least 4 members (excludes halogenated alkanes) is 1. The van der Waals surface area contributed by atoms with Gasteiger partial charge in [-0.3, -0.25) is 24.0 Å². The monoisotopic (exact) mass is 625 g/mol. The van der Waals surface area contributed by atoms with E-state index in [0.717, 1.165) is 5.56 Å². The first-order valence-corrected chi connectivity index (χ1v) is 14.7. The van der Waals surface area contributed by atoms with Crippen molar-refractivity contribution in [3.8, 4) is 0 Å². The lowest BCUT2D eigenvalue weighted by molar-refractivity contribution is -0.142. The number of carbonyl (C=O) groups is 6. The molecule has 2 aromatic rings. The second kappa shape index (κ2) is 18.8. The van der Waals surface area contributed by atoms with Crippen LogP contribution in [0.25, 0.3) is 0 Å². The number of rotatable bonds is 19. The van der Waals surface area contributed by atoms with Crippen LogP contribution in [-0.4, -0.2) is 77.4 Å². The van der Waals surface area contributed by atoms with Crippen LogP contribution in [-0.2, 0) is 41.6 Å². The Hall–Kier alpha value is -4.82. The third-order valence-electron chi connectivity index (χ3n) is 6.90. The van der Waals surface area contributed by atoms with Crippen LogP contribution < -0.4 is 38.5 Å². The van der Waals surface area contributed by atoms with Crippen molar-refractivity contribution < 1.29 is 33.9 Å². The van der Waals surface area contributed by atoms with Crippen molar-refractivity contribution in [1.29, 1.82) is 0 Å². The molecule has 2 rings (SSSR count). The second-order valence-electron chi connectivity index (χ2n) is 10.7. The van der Waals surface area contributed by atoms with E-state index in [1.54, 1.807) is 30.3 Å². The fraction of sp³-hybridized carbons (Fsp3) is 0.419. The molecule has 14 nitrogen and oxygen atoms in total. The van der Waals surface area contributed by atoms with Gasteiger partial charge in [0.05, 0.1) is 12.5 Å². The number of benzene rings is 2. The molecular formula is C31H43N7O7. The fourth-order valence-corrected chi connectivity index (χ4v) is 4.41. The predicted octanol–water partition coefficient (Wildman–Crippen LogP) is -1.15. The summed E-state index contributed by atoms with van der Waals surface area (Å²) in [6, 6.07) is 11.8. The minimum absolute atomic E-state index is 0.0426. The van der Waals surface area contributed by atoms with Gasteiger partial charge >= 0.3 is 5.97 Å². The molecule has 0 aromatic heterocycles. The summed E-state index contributed by atoms with van der Waals surface area (Å²) in [5.74, 6) is -5.24. The molecule has 14 heteroatoms. The van der Waals surface area contributed by atoms with Crippen molar-refractivity contribution >= 4 is 35.5 Å². The van der Waals surface area contributed by atoms with Crippen molar-refractivity contribution in [1.82, 2.24) is 21.3 Å². The average molecular weight is 626 g/mol. The second-order valence-corrected chi connectivity index (χ2v) is 10.7. The highest BCUT2D eigenvalue weighted by Gasteiger charge is 2.31. The number of aliphatic carboxylic acids is 1. The molecule has 0 heterocycles. The summed E-state index contributed by atoms with van der Waals surface area (Å²) in [6.45, 7) is 1.69. The number of carbonyl (C=O) groups excluding carboxylic acids is 5. The topological polar surface area (TPSA) is 249 Å². The van der Waals surface area contributed by atoms with Gasteiger partial charge in [0.25, 0.3) is 0 Å². The van der Waals surface area contributed by atoms with Gasteiger partial charge in [0.15, 0.2) is 0 Å². The normalized spacial score (nSPS) is 14.1. The van der Waals surface area contributed by atoms with Crippen molar-refractivity contribution in [3.05, 3.63) is 71.8 Å². The molecule has 0 bridgehead atoms. The highest BCUT2D eigenvalue weighted by Crippen LogP contribution is 2.07. The maximum absolute atomic E-state index is 13.5. The van der Waals surface area contributed by atoms with Crippen LogP contribution >= 0.6 is 0 Å². The van der Waals surface area contributed by atoms with Crippen LogP contribution in [0.15, 0.2) is 60.7 Å². The molecule has 5 unspecified atom stereocenters. The number of primary amides is 1. The van der Waals surface area contributed by atoms with Crippen LogP contribution in [0.4, 0.5) is 0 Å². The first kappa shape index (κ1) is 36.4. The highest BCUT2D eigenvalue weighted by molar-refractivity contribution is 5.97. The molecule has 0 aliphatic carbocycles.